The van der Waals surface area contributed by atoms with Gasteiger partial charge in [0.25, 0.3) is 0 Å². The fourth-order valence-corrected chi connectivity index (χ4v) is 6.53. The first kappa shape index (κ1) is 24.0. The second kappa shape index (κ2) is 9.47. The lowest BCUT2D eigenvalue weighted by atomic mass is 9.84. The van der Waals surface area contributed by atoms with Gasteiger partial charge in [0.1, 0.15) is 11.9 Å². The largest absolute Gasteiger partial charge is 0.485 e. The van der Waals surface area contributed by atoms with Crippen molar-refractivity contribution < 1.29 is 4.74 Å². The summed E-state index contributed by atoms with van der Waals surface area (Å²) in [5.41, 5.74) is 9.51. The molecule has 2 aliphatic rings. The number of fused-ring (bicyclic) bond motifs is 7. The van der Waals surface area contributed by atoms with E-state index >= 15 is 0 Å². The van der Waals surface area contributed by atoms with Crippen LogP contribution in [-0.4, -0.2) is 21.1 Å². The first-order valence-electron chi connectivity index (χ1n) is 14.6. The summed E-state index contributed by atoms with van der Waals surface area (Å²) in [6.45, 7) is 0. The Morgan fingerprint density at radius 3 is 2.23 bits per heavy atom. The van der Waals surface area contributed by atoms with E-state index < -0.39 is 0 Å². The SMILES string of the molecule is C1=CC2Oc3cccc(-c4ccc5cnccc5c4)c3C2C=C1c1ccc2ccc3ccc(-c4ccccc4)nc3c2n1. The molecule has 7 aromatic rings. The van der Waals surface area contributed by atoms with E-state index in [4.69, 9.17) is 14.7 Å². The number of hydrogen-bond donors (Lipinski definition) is 0. The molecule has 0 fully saturated rings. The smallest absolute Gasteiger partial charge is 0.128 e. The lowest BCUT2D eigenvalue weighted by Crippen LogP contribution is -2.17. The summed E-state index contributed by atoms with van der Waals surface area (Å²) in [4.78, 5) is 14.6. The van der Waals surface area contributed by atoms with E-state index in [-0.39, 0.29) is 12.0 Å². The minimum atomic E-state index is -0.0408. The number of hydrogen-bond acceptors (Lipinski definition) is 4. The number of benzene rings is 4. The highest BCUT2D eigenvalue weighted by Gasteiger charge is 2.35. The molecule has 0 N–H and O–H groups in total. The minimum Gasteiger partial charge on any atom is -0.485 e. The standard InChI is InChI=1S/C39H25N3O/c1-2-5-24(6-3-1)33-16-13-25-9-10-26-14-17-34(42-39(26)38(25)41-33)29-15-18-35-32(22-29)37-31(7-4-8-36(37)43-35)28-11-12-30-23-40-20-19-27(30)21-28/h1-23,32,35H. The van der Waals surface area contributed by atoms with Crippen LogP contribution in [0.4, 0.5) is 0 Å². The third-order valence-corrected chi connectivity index (χ3v) is 8.68. The van der Waals surface area contributed by atoms with Crippen LogP contribution in [0.15, 0.2) is 140 Å². The van der Waals surface area contributed by atoms with Crippen molar-refractivity contribution >= 4 is 38.2 Å². The van der Waals surface area contributed by atoms with E-state index in [2.05, 4.69) is 114 Å². The van der Waals surface area contributed by atoms with Gasteiger partial charge in [0.05, 0.1) is 22.4 Å². The van der Waals surface area contributed by atoms with Gasteiger partial charge in [-0.25, -0.2) is 9.97 Å². The molecule has 43 heavy (non-hydrogen) atoms. The van der Waals surface area contributed by atoms with Crippen LogP contribution in [0.25, 0.3) is 60.5 Å². The summed E-state index contributed by atoms with van der Waals surface area (Å²) in [5, 5.41) is 4.47. The molecular formula is C39H25N3O. The van der Waals surface area contributed by atoms with Crippen LogP contribution in [0.3, 0.4) is 0 Å². The molecule has 0 bridgehead atoms. The van der Waals surface area contributed by atoms with Gasteiger partial charge in [-0.3, -0.25) is 4.98 Å². The second-order valence-electron chi connectivity index (χ2n) is 11.2. The van der Waals surface area contributed by atoms with E-state index in [0.29, 0.717) is 0 Å². The van der Waals surface area contributed by atoms with Crippen LogP contribution in [0.5, 0.6) is 5.75 Å². The first-order valence-corrected chi connectivity index (χ1v) is 14.6. The fourth-order valence-electron chi connectivity index (χ4n) is 6.53. The Kier molecular flexibility index (Phi) is 5.29. The van der Waals surface area contributed by atoms with Gasteiger partial charge < -0.3 is 4.74 Å². The van der Waals surface area contributed by atoms with Crippen molar-refractivity contribution in [1.82, 2.24) is 15.0 Å². The summed E-state index contributed by atoms with van der Waals surface area (Å²) in [6, 6.07) is 38.1. The molecule has 9 rings (SSSR count). The molecule has 4 heterocycles. The van der Waals surface area contributed by atoms with Gasteiger partial charge in [-0.1, -0.05) is 91.0 Å². The zero-order valence-corrected chi connectivity index (χ0v) is 23.2. The number of ether oxygens (including phenoxy) is 1. The van der Waals surface area contributed by atoms with Crippen molar-refractivity contribution in [2.24, 2.45) is 0 Å². The molecular weight excluding hydrogens is 526 g/mol. The van der Waals surface area contributed by atoms with Gasteiger partial charge in [0.15, 0.2) is 0 Å². The Morgan fingerprint density at radius 1 is 0.605 bits per heavy atom. The van der Waals surface area contributed by atoms with Gasteiger partial charge in [-0.2, -0.15) is 0 Å². The number of rotatable bonds is 3. The van der Waals surface area contributed by atoms with Crippen LogP contribution >= 0.6 is 0 Å². The molecule has 4 aromatic carbocycles. The van der Waals surface area contributed by atoms with E-state index in [9.17, 15) is 0 Å². The monoisotopic (exact) mass is 551 g/mol. The third kappa shape index (κ3) is 3.95. The van der Waals surface area contributed by atoms with Crippen molar-refractivity contribution in [3.63, 3.8) is 0 Å². The Balaban J connectivity index is 1.15. The zero-order valence-electron chi connectivity index (χ0n) is 23.2. The Bertz CT molecular complexity index is 2290. The minimum absolute atomic E-state index is 0.0408. The topological polar surface area (TPSA) is 47.9 Å². The average Bonchev–Trinajstić information content (AvgIpc) is 3.46. The molecule has 4 nitrogen and oxygen atoms in total. The van der Waals surface area contributed by atoms with Crippen LogP contribution in [0.1, 0.15) is 17.2 Å². The lowest BCUT2D eigenvalue weighted by molar-refractivity contribution is 0.269. The first-order chi connectivity index (χ1) is 21.3. The maximum Gasteiger partial charge on any atom is 0.128 e. The second-order valence-corrected chi connectivity index (χ2v) is 11.2. The Labute approximate surface area is 248 Å². The Morgan fingerprint density at radius 2 is 1.37 bits per heavy atom. The molecule has 202 valence electrons. The summed E-state index contributed by atoms with van der Waals surface area (Å²) in [6.07, 6.45) is 10.4. The average molecular weight is 552 g/mol. The summed E-state index contributed by atoms with van der Waals surface area (Å²) in [7, 11) is 0. The fraction of sp³-hybridized carbons (Fsp3) is 0.0513. The third-order valence-electron chi connectivity index (χ3n) is 8.68. The molecule has 0 radical (unpaired) electrons. The van der Waals surface area contributed by atoms with Gasteiger partial charge in [0.2, 0.25) is 0 Å². The van der Waals surface area contributed by atoms with Crippen LogP contribution in [0, 0.1) is 0 Å². The van der Waals surface area contributed by atoms with E-state index in [1.807, 2.05) is 30.6 Å². The maximum atomic E-state index is 6.46. The number of aromatic nitrogens is 3. The van der Waals surface area contributed by atoms with Gasteiger partial charge in [0, 0.05) is 45.6 Å². The molecule has 0 amide bonds. The van der Waals surface area contributed by atoms with Crippen molar-refractivity contribution in [1.29, 1.82) is 0 Å². The van der Waals surface area contributed by atoms with E-state index in [0.717, 1.165) is 55.5 Å². The molecule has 4 heteroatoms. The van der Waals surface area contributed by atoms with Gasteiger partial charge >= 0.3 is 0 Å². The van der Waals surface area contributed by atoms with E-state index in [1.165, 1.54) is 22.1 Å². The van der Waals surface area contributed by atoms with Crippen LogP contribution in [-0.2, 0) is 0 Å². The van der Waals surface area contributed by atoms with Gasteiger partial charge in [-0.05, 0) is 58.5 Å². The van der Waals surface area contributed by atoms with Crippen LogP contribution < -0.4 is 4.74 Å². The molecule has 0 saturated heterocycles. The molecule has 2 unspecified atom stereocenters. The predicted molar refractivity (Wildman–Crippen MR) is 174 cm³/mol. The molecule has 2 atom stereocenters. The quantitative estimate of drug-likeness (QED) is 0.205. The summed E-state index contributed by atoms with van der Waals surface area (Å²) < 4.78 is 6.46. The van der Waals surface area contributed by atoms with Crippen LogP contribution in [0.2, 0.25) is 0 Å². The highest BCUT2D eigenvalue weighted by atomic mass is 16.5. The summed E-state index contributed by atoms with van der Waals surface area (Å²) >= 11 is 0. The molecule has 3 aromatic heterocycles. The van der Waals surface area contributed by atoms with Crippen molar-refractivity contribution in [2.45, 2.75) is 12.0 Å². The summed E-state index contributed by atoms with van der Waals surface area (Å²) in [5.74, 6) is 1.03. The lowest BCUT2D eigenvalue weighted by Gasteiger charge is -2.20. The molecule has 0 saturated carbocycles. The highest BCUT2D eigenvalue weighted by Crippen LogP contribution is 2.48. The van der Waals surface area contributed by atoms with Crippen molar-refractivity contribution in [3.8, 4) is 28.1 Å². The molecule has 0 spiro atoms. The van der Waals surface area contributed by atoms with Crippen molar-refractivity contribution in [3.05, 3.63) is 151 Å². The highest BCUT2D eigenvalue weighted by molar-refractivity contribution is 6.04. The molecule has 1 aliphatic carbocycles. The number of nitrogens with zero attached hydrogens (tertiary/aromatic N) is 3. The molecule has 1 aliphatic heterocycles. The normalized spacial score (nSPS) is 17.1. The van der Waals surface area contributed by atoms with E-state index in [1.54, 1.807) is 0 Å². The predicted octanol–water partition coefficient (Wildman–Crippen LogP) is 9.16. The maximum absolute atomic E-state index is 6.46. The van der Waals surface area contributed by atoms with Crippen molar-refractivity contribution in [2.75, 3.05) is 0 Å². The Hall–Kier alpha value is -5.61. The number of allylic oxidation sites excluding steroid dienone is 2. The zero-order chi connectivity index (χ0) is 28.3. The number of pyridine rings is 3. The van der Waals surface area contributed by atoms with Gasteiger partial charge in [-0.15, -0.1) is 0 Å².